The second-order valence-electron chi connectivity index (χ2n) is 7.27. The summed E-state index contributed by atoms with van der Waals surface area (Å²) in [5.74, 6) is -0.388. The molecule has 2 heterocycles. The summed E-state index contributed by atoms with van der Waals surface area (Å²) in [6.45, 7) is 1.84. The molecule has 154 valence electrons. The summed E-state index contributed by atoms with van der Waals surface area (Å²) in [5, 5.41) is 20.3. The number of aromatic nitrogens is 3. The van der Waals surface area contributed by atoms with Gasteiger partial charge in [0, 0.05) is 11.5 Å². The fraction of sp³-hybridized carbons (Fsp3) is 0.167. The van der Waals surface area contributed by atoms with E-state index in [0.717, 1.165) is 16.3 Å². The molecule has 5 rings (SSSR count). The van der Waals surface area contributed by atoms with Gasteiger partial charge in [0.15, 0.2) is 0 Å². The van der Waals surface area contributed by atoms with E-state index in [9.17, 15) is 9.90 Å². The van der Waals surface area contributed by atoms with Crippen LogP contribution in [0.1, 0.15) is 25.1 Å². The largest absolute Gasteiger partial charge is 0.854 e. The number of thioether (sulfide) groups is 1. The van der Waals surface area contributed by atoms with Gasteiger partial charge in [0.2, 0.25) is 5.91 Å². The van der Waals surface area contributed by atoms with Crippen molar-refractivity contribution in [2.45, 2.75) is 24.7 Å². The number of rotatable bonds is 3. The van der Waals surface area contributed by atoms with E-state index in [0.29, 0.717) is 28.5 Å². The Morgan fingerprint density at radius 1 is 1.10 bits per heavy atom. The van der Waals surface area contributed by atoms with E-state index in [1.165, 1.54) is 11.8 Å². The molecule has 0 fully saturated rings. The number of hydrogen-bond donors (Lipinski definition) is 0. The van der Waals surface area contributed by atoms with Crippen molar-refractivity contribution in [2.75, 3.05) is 11.2 Å². The molecule has 1 aliphatic rings. The van der Waals surface area contributed by atoms with Crippen LogP contribution in [0.3, 0.4) is 0 Å². The summed E-state index contributed by atoms with van der Waals surface area (Å²) in [6, 6.07) is 21.5. The third-order valence-corrected chi connectivity index (χ3v) is 6.11. The Hall–Kier alpha value is -3.45. The van der Waals surface area contributed by atoms with Gasteiger partial charge in [-0.15, -0.1) is 0 Å². The van der Waals surface area contributed by atoms with Gasteiger partial charge in [-0.3, -0.25) is 4.79 Å². The number of anilines is 1. The molecule has 31 heavy (non-hydrogen) atoms. The Labute approximate surface area is 184 Å². The van der Waals surface area contributed by atoms with Crippen LogP contribution < -0.4 is 14.7 Å². The summed E-state index contributed by atoms with van der Waals surface area (Å²) in [5.41, 5.74) is 2.67. The van der Waals surface area contributed by atoms with Crippen molar-refractivity contribution in [3.63, 3.8) is 0 Å². The molecule has 0 spiro atoms. The molecule has 0 saturated heterocycles. The molecule has 1 amide bonds. The Morgan fingerprint density at radius 3 is 2.65 bits per heavy atom. The molecule has 3 aromatic carbocycles. The first kappa shape index (κ1) is 19.5. The lowest BCUT2D eigenvalue weighted by molar-refractivity contribution is -0.764. The van der Waals surface area contributed by atoms with Gasteiger partial charge in [-0.1, -0.05) is 71.9 Å². The lowest BCUT2D eigenvalue weighted by Gasteiger charge is -2.33. The highest BCUT2D eigenvalue weighted by molar-refractivity contribution is 7.98. The Morgan fingerprint density at radius 2 is 1.84 bits per heavy atom. The number of amides is 1. The number of fused-ring (bicyclic) bond motifs is 4. The lowest BCUT2D eigenvalue weighted by Crippen LogP contribution is -2.59. The fourth-order valence-corrected chi connectivity index (χ4v) is 4.56. The number of hydrogen-bond acceptors (Lipinski definition) is 5. The van der Waals surface area contributed by atoms with Gasteiger partial charge in [0.1, 0.15) is 0 Å². The van der Waals surface area contributed by atoms with Crippen molar-refractivity contribution in [3.8, 4) is 17.1 Å². The molecule has 4 aromatic rings. The summed E-state index contributed by atoms with van der Waals surface area (Å²) >= 11 is 1.31. The maximum Gasteiger partial charge on any atom is 0.293 e. The number of para-hydroxylation sites is 1. The molecule has 7 heteroatoms. The smallest absolute Gasteiger partial charge is 0.293 e. The average molecular weight is 429 g/mol. The zero-order chi connectivity index (χ0) is 21.5. The molecular formula is C24H20N4O2S. The number of nitrogens with zero attached hydrogens (tertiary/aromatic N) is 4. The normalized spacial score (nSPS) is 14.9. The van der Waals surface area contributed by atoms with E-state index in [4.69, 9.17) is 5.10 Å². The Kier molecular flexibility index (Phi) is 4.82. The first-order chi connectivity index (χ1) is 15.1. The van der Waals surface area contributed by atoms with Crippen molar-refractivity contribution in [2.24, 2.45) is 0 Å². The molecule has 0 radical (unpaired) electrons. The predicted octanol–water partition coefficient (Wildman–Crippen LogP) is 3.68. The standard InChI is InChI=1S/C24H20N4O2S/c1-3-20(29)27-19-14-7-6-12-18(19)21-22(30)25-24(31-2)26-28(21)23(27)17-13-8-10-15-9-4-5-11-16(15)17/h4-14,23H,3H2,1-2H3. The van der Waals surface area contributed by atoms with Gasteiger partial charge in [-0.2, -0.15) is 0 Å². The number of carbonyl (C=O) groups is 1. The van der Waals surface area contributed by atoms with Crippen LogP contribution in [0.4, 0.5) is 5.69 Å². The van der Waals surface area contributed by atoms with Gasteiger partial charge in [-0.05, 0) is 35.2 Å². The average Bonchev–Trinajstić information content (AvgIpc) is 2.82. The third kappa shape index (κ3) is 3.04. The van der Waals surface area contributed by atoms with Gasteiger partial charge < -0.3 is 5.11 Å². The summed E-state index contributed by atoms with van der Waals surface area (Å²) in [4.78, 5) is 19.2. The first-order valence-electron chi connectivity index (χ1n) is 10.1. The zero-order valence-electron chi connectivity index (χ0n) is 17.1. The molecule has 0 bridgehead atoms. The van der Waals surface area contributed by atoms with E-state index in [-0.39, 0.29) is 11.8 Å². The quantitative estimate of drug-likeness (QED) is 0.368. The van der Waals surface area contributed by atoms with E-state index < -0.39 is 6.17 Å². The van der Waals surface area contributed by atoms with Crippen LogP contribution in [0.5, 0.6) is 5.88 Å². The molecule has 0 aliphatic carbocycles. The minimum atomic E-state index is -0.593. The maximum atomic E-state index is 13.3. The van der Waals surface area contributed by atoms with Gasteiger partial charge in [0.25, 0.3) is 17.0 Å². The highest BCUT2D eigenvalue weighted by Crippen LogP contribution is 2.42. The van der Waals surface area contributed by atoms with Crippen LogP contribution in [0.2, 0.25) is 0 Å². The van der Waals surface area contributed by atoms with Crippen molar-refractivity contribution in [1.82, 2.24) is 10.1 Å². The van der Waals surface area contributed by atoms with E-state index in [2.05, 4.69) is 4.98 Å². The Bertz CT molecular complexity index is 1320. The van der Waals surface area contributed by atoms with Crippen LogP contribution >= 0.6 is 11.8 Å². The molecular weight excluding hydrogens is 408 g/mol. The van der Waals surface area contributed by atoms with Crippen LogP contribution in [0, 0.1) is 0 Å². The zero-order valence-corrected chi connectivity index (χ0v) is 18.0. The van der Waals surface area contributed by atoms with Gasteiger partial charge >= 0.3 is 0 Å². The van der Waals surface area contributed by atoms with Crippen molar-refractivity contribution in [3.05, 3.63) is 72.3 Å². The third-order valence-electron chi connectivity index (χ3n) is 5.57. The summed E-state index contributed by atoms with van der Waals surface area (Å²) in [6.07, 6.45) is 1.57. The minimum absolute atomic E-state index is 0.0414. The van der Waals surface area contributed by atoms with Crippen molar-refractivity contribution >= 4 is 34.1 Å². The summed E-state index contributed by atoms with van der Waals surface area (Å²) in [7, 11) is 0. The van der Waals surface area contributed by atoms with E-state index in [1.807, 2.05) is 79.9 Å². The monoisotopic (exact) mass is 428 g/mol. The summed E-state index contributed by atoms with van der Waals surface area (Å²) < 4.78 is 1.68. The first-order valence-corrected chi connectivity index (χ1v) is 11.3. The van der Waals surface area contributed by atoms with Crippen LogP contribution in [0.15, 0.2) is 71.9 Å². The molecule has 1 unspecified atom stereocenters. The maximum absolute atomic E-state index is 13.3. The molecule has 0 saturated carbocycles. The highest BCUT2D eigenvalue weighted by atomic mass is 32.2. The number of carbonyl (C=O) groups excluding carboxylic acids is 1. The van der Waals surface area contributed by atoms with Crippen LogP contribution in [0.25, 0.3) is 22.0 Å². The fourth-order valence-electron chi connectivity index (χ4n) is 4.22. The van der Waals surface area contributed by atoms with Gasteiger partial charge in [0.05, 0.1) is 22.7 Å². The predicted molar refractivity (Wildman–Crippen MR) is 119 cm³/mol. The second kappa shape index (κ2) is 7.67. The van der Waals surface area contributed by atoms with Crippen LogP contribution in [-0.2, 0) is 4.79 Å². The molecule has 1 atom stereocenters. The van der Waals surface area contributed by atoms with Crippen molar-refractivity contribution in [1.29, 1.82) is 0 Å². The topological polar surface area (TPSA) is 73.0 Å². The van der Waals surface area contributed by atoms with Crippen LogP contribution in [-0.4, -0.2) is 22.2 Å². The van der Waals surface area contributed by atoms with E-state index >= 15 is 0 Å². The molecule has 1 aliphatic heterocycles. The highest BCUT2D eigenvalue weighted by Gasteiger charge is 2.44. The lowest BCUT2D eigenvalue weighted by atomic mass is 9.97. The SMILES string of the molecule is CCC(=O)N1c2ccccc2-c2c([O-])nc(SC)n[n+]2C1c1cccc2ccccc12. The Balaban J connectivity index is 1.90. The van der Waals surface area contributed by atoms with Gasteiger partial charge in [-0.25, -0.2) is 9.88 Å². The molecule has 1 aromatic heterocycles. The number of benzene rings is 3. The van der Waals surface area contributed by atoms with Crippen molar-refractivity contribution < 1.29 is 14.6 Å². The molecule has 0 N–H and O–H groups in total. The second-order valence-corrected chi connectivity index (χ2v) is 8.05. The van der Waals surface area contributed by atoms with E-state index in [1.54, 1.807) is 9.58 Å². The minimum Gasteiger partial charge on any atom is -0.854 e. The molecule has 6 nitrogen and oxygen atoms in total.